The van der Waals surface area contributed by atoms with Gasteiger partial charge in [-0.05, 0) is 6.07 Å². The number of hydrogen-bond donors (Lipinski definition) is 1. The van der Waals surface area contributed by atoms with E-state index in [0.717, 1.165) is 11.3 Å². The van der Waals surface area contributed by atoms with Gasteiger partial charge in [0.25, 0.3) is 0 Å². The molecule has 0 saturated carbocycles. The molecule has 0 spiro atoms. The van der Waals surface area contributed by atoms with E-state index in [1.807, 2.05) is 24.3 Å². The average molecular weight is 216 g/mol. The van der Waals surface area contributed by atoms with Gasteiger partial charge >= 0.3 is 0 Å². The molecule has 3 nitrogen and oxygen atoms in total. The lowest BCUT2D eigenvalue weighted by Gasteiger charge is -2.29. The molecule has 1 heterocycles. The Bertz CT molecular complexity index is 306. The molecule has 0 aromatic heterocycles. The summed E-state index contributed by atoms with van der Waals surface area (Å²) in [6.07, 6.45) is -0.0371. The minimum atomic E-state index is -0.0695. The first-order valence-corrected chi connectivity index (χ1v) is 4.33. The maximum atomic E-state index is 5.85. The summed E-state index contributed by atoms with van der Waals surface area (Å²) in [4.78, 5) is 0. The number of fused-ring (bicyclic) bond motifs is 1. The van der Waals surface area contributed by atoms with Gasteiger partial charge in [-0.2, -0.15) is 0 Å². The highest BCUT2D eigenvalue weighted by Gasteiger charge is 2.27. The van der Waals surface area contributed by atoms with Crippen LogP contribution in [0.25, 0.3) is 0 Å². The Balaban J connectivity index is 0.000000980. The van der Waals surface area contributed by atoms with Crippen molar-refractivity contribution in [3.8, 4) is 5.75 Å². The van der Waals surface area contributed by atoms with E-state index in [9.17, 15) is 0 Å². The summed E-state index contributed by atoms with van der Waals surface area (Å²) in [5.41, 5.74) is 6.90. The van der Waals surface area contributed by atoms with Crippen LogP contribution in [-0.4, -0.2) is 19.8 Å². The Labute approximate surface area is 89.6 Å². The maximum absolute atomic E-state index is 5.85. The van der Waals surface area contributed by atoms with Crippen LogP contribution in [0.2, 0.25) is 0 Å². The van der Waals surface area contributed by atoms with Crippen LogP contribution in [0.4, 0.5) is 0 Å². The molecule has 1 aromatic carbocycles. The van der Waals surface area contributed by atoms with Crippen LogP contribution >= 0.6 is 12.4 Å². The third kappa shape index (κ3) is 1.85. The minimum Gasteiger partial charge on any atom is -0.491 e. The molecule has 1 unspecified atom stereocenters. The molecule has 2 rings (SSSR count). The lowest BCUT2D eigenvalue weighted by atomic mass is 10.00. The second kappa shape index (κ2) is 4.64. The van der Waals surface area contributed by atoms with E-state index in [4.69, 9.17) is 15.2 Å². The number of benzene rings is 1. The zero-order valence-corrected chi connectivity index (χ0v) is 8.79. The van der Waals surface area contributed by atoms with E-state index >= 15 is 0 Å². The third-order valence-corrected chi connectivity index (χ3v) is 2.30. The standard InChI is InChI=1S/C10H13NO2.ClH/c1-12-10-7-4-2-3-5-9(7)13-6-8(10)11;/h2-5,8,10H,6,11H2,1H3;1H/t8-,10?;/m0./s1. The topological polar surface area (TPSA) is 44.5 Å². The van der Waals surface area contributed by atoms with Crippen LogP contribution in [0, 0.1) is 0 Å². The quantitative estimate of drug-likeness (QED) is 0.773. The predicted octanol–water partition coefficient (Wildman–Crippen LogP) is 1.52. The van der Waals surface area contributed by atoms with E-state index in [2.05, 4.69) is 0 Å². The third-order valence-electron chi connectivity index (χ3n) is 2.30. The van der Waals surface area contributed by atoms with E-state index in [-0.39, 0.29) is 24.6 Å². The molecule has 1 aliphatic heterocycles. The first kappa shape index (κ1) is 11.3. The molecule has 1 aromatic rings. The molecule has 14 heavy (non-hydrogen) atoms. The van der Waals surface area contributed by atoms with E-state index in [0.29, 0.717) is 6.61 Å². The van der Waals surface area contributed by atoms with E-state index < -0.39 is 0 Å². The Morgan fingerprint density at radius 1 is 1.43 bits per heavy atom. The normalized spacial score (nSPS) is 24.4. The number of ether oxygens (including phenoxy) is 2. The molecular weight excluding hydrogens is 202 g/mol. The average Bonchev–Trinajstić information content (AvgIpc) is 2.18. The molecule has 78 valence electrons. The van der Waals surface area contributed by atoms with Crippen LogP contribution in [0.5, 0.6) is 5.75 Å². The summed E-state index contributed by atoms with van der Waals surface area (Å²) in [5.74, 6) is 0.885. The highest BCUT2D eigenvalue weighted by atomic mass is 35.5. The fourth-order valence-corrected chi connectivity index (χ4v) is 1.65. The van der Waals surface area contributed by atoms with E-state index in [1.165, 1.54) is 0 Å². The van der Waals surface area contributed by atoms with Gasteiger partial charge < -0.3 is 15.2 Å². The van der Waals surface area contributed by atoms with Crippen molar-refractivity contribution in [3.05, 3.63) is 29.8 Å². The van der Waals surface area contributed by atoms with Gasteiger partial charge in [0.15, 0.2) is 0 Å². The fraction of sp³-hybridized carbons (Fsp3) is 0.400. The number of nitrogens with two attached hydrogens (primary N) is 1. The lowest BCUT2D eigenvalue weighted by molar-refractivity contribution is 0.0454. The Kier molecular flexibility index (Phi) is 3.75. The highest BCUT2D eigenvalue weighted by Crippen LogP contribution is 2.32. The van der Waals surface area contributed by atoms with Gasteiger partial charge in [0.2, 0.25) is 0 Å². The van der Waals surface area contributed by atoms with Crippen molar-refractivity contribution < 1.29 is 9.47 Å². The number of halogens is 1. The summed E-state index contributed by atoms with van der Waals surface area (Å²) in [7, 11) is 1.67. The number of hydrogen-bond acceptors (Lipinski definition) is 3. The fourth-order valence-electron chi connectivity index (χ4n) is 1.65. The second-order valence-corrected chi connectivity index (χ2v) is 3.17. The molecule has 0 amide bonds. The summed E-state index contributed by atoms with van der Waals surface area (Å²) in [6.45, 7) is 0.523. The van der Waals surface area contributed by atoms with Crippen LogP contribution in [0.15, 0.2) is 24.3 Å². The first-order valence-electron chi connectivity index (χ1n) is 4.33. The largest absolute Gasteiger partial charge is 0.491 e. The minimum absolute atomic E-state index is 0. The molecule has 0 bridgehead atoms. The van der Waals surface area contributed by atoms with Gasteiger partial charge in [0.1, 0.15) is 18.5 Å². The molecule has 2 N–H and O–H groups in total. The van der Waals surface area contributed by atoms with Gasteiger partial charge in [-0.3, -0.25) is 0 Å². The van der Waals surface area contributed by atoms with Crippen LogP contribution in [0.1, 0.15) is 11.7 Å². The lowest BCUT2D eigenvalue weighted by Crippen LogP contribution is -2.38. The molecule has 0 aliphatic carbocycles. The molecule has 0 fully saturated rings. The Morgan fingerprint density at radius 2 is 2.14 bits per heavy atom. The summed E-state index contributed by atoms with van der Waals surface area (Å²) in [5, 5.41) is 0. The van der Waals surface area contributed by atoms with Gasteiger partial charge in [-0.25, -0.2) is 0 Å². The Hall–Kier alpha value is -0.770. The van der Waals surface area contributed by atoms with Gasteiger partial charge in [0, 0.05) is 12.7 Å². The molecule has 0 saturated heterocycles. The van der Waals surface area contributed by atoms with Crippen LogP contribution in [0.3, 0.4) is 0 Å². The summed E-state index contributed by atoms with van der Waals surface area (Å²) < 4.78 is 10.8. The Morgan fingerprint density at radius 3 is 2.86 bits per heavy atom. The van der Waals surface area contributed by atoms with E-state index in [1.54, 1.807) is 7.11 Å². The molecule has 1 aliphatic rings. The van der Waals surface area contributed by atoms with Gasteiger partial charge in [-0.1, -0.05) is 18.2 Å². The van der Waals surface area contributed by atoms with Crippen LogP contribution < -0.4 is 10.5 Å². The summed E-state index contributed by atoms with van der Waals surface area (Å²) in [6, 6.07) is 7.77. The van der Waals surface area contributed by atoms with Crippen molar-refractivity contribution >= 4 is 12.4 Å². The highest BCUT2D eigenvalue weighted by molar-refractivity contribution is 5.85. The van der Waals surface area contributed by atoms with Crippen LogP contribution in [-0.2, 0) is 4.74 Å². The van der Waals surface area contributed by atoms with Gasteiger partial charge in [0.05, 0.1) is 6.04 Å². The zero-order chi connectivity index (χ0) is 9.26. The maximum Gasteiger partial charge on any atom is 0.125 e. The predicted molar refractivity (Wildman–Crippen MR) is 56.9 cm³/mol. The first-order chi connectivity index (χ1) is 6.33. The van der Waals surface area contributed by atoms with Crippen molar-refractivity contribution in [1.82, 2.24) is 0 Å². The number of methoxy groups -OCH3 is 1. The van der Waals surface area contributed by atoms with Crippen molar-refractivity contribution in [2.45, 2.75) is 12.1 Å². The SMILES string of the molecule is COC1c2ccccc2OC[C@@H]1N.Cl. The molecular formula is C10H14ClNO2. The number of para-hydroxylation sites is 1. The molecule has 4 heteroatoms. The zero-order valence-electron chi connectivity index (χ0n) is 7.97. The second-order valence-electron chi connectivity index (χ2n) is 3.17. The van der Waals surface area contributed by atoms with Crippen molar-refractivity contribution in [3.63, 3.8) is 0 Å². The van der Waals surface area contributed by atoms with Crippen molar-refractivity contribution in [2.75, 3.05) is 13.7 Å². The smallest absolute Gasteiger partial charge is 0.125 e. The number of rotatable bonds is 1. The van der Waals surface area contributed by atoms with Crippen molar-refractivity contribution in [1.29, 1.82) is 0 Å². The summed E-state index contributed by atoms with van der Waals surface area (Å²) >= 11 is 0. The molecule has 0 radical (unpaired) electrons. The van der Waals surface area contributed by atoms with Crippen molar-refractivity contribution in [2.24, 2.45) is 5.73 Å². The monoisotopic (exact) mass is 215 g/mol. The van der Waals surface area contributed by atoms with Gasteiger partial charge in [-0.15, -0.1) is 12.4 Å². The molecule has 2 atom stereocenters.